The lowest BCUT2D eigenvalue weighted by Crippen LogP contribution is -2.61. The number of nitrogens with one attached hydrogen (secondary N) is 1. The van der Waals surface area contributed by atoms with E-state index in [4.69, 9.17) is 4.74 Å². The van der Waals surface area contributed by atoms with E-state index >= 15 is 0 Å². The summed E-state index contributed by atoms with van der Waals surface area (Å²) >= 11 is 0. The molecule has 0 aromatic heterocycles. The van der Waals surface area contributed by atoms with E-state index in [9.17, 15) is 10.2 Å². The number of aliphatic hydroxyl groups is 2. The van der Waals surface area contributed by atoms with Crippen LogP contribution in [0, 0.1) is 11.3 Å². The van der Waals surface area contributed by atoms with Crippen molar-refractivity contribution in [2.45, 2.75) is 83.6 Å². The number of rotatable bonds is 7. The summed E-state index contributed by atoms with van der Waals surface area (Å²) in [4.78, 5) is 0. The number of aliphatic hydroxyl groups excluding tert-OH is 2. The maximum Gasteiger partial charge on any atom is 0.0897 e. The molecule has 2 aliphatic carbocycles. The molecule has 2 aliphatic rings. The Hall–Kier alpha value is -0.160. The summed E-state index contributed by atoms with van der Waals surface area (Å²) < 4.78 is 5.97. The van der Waals surface area contributed by atoms with Gasteiger partial charge in [-0.3, -0.25) is 0 Å². The summed E-state index contributed by atoms with van der Waals surface area (Å²) in [5.74, 6) is 0.666. The molecule has 124 valence electrons. The van der Waals surface area contributed by atoms with Crippen molar-refractivity contribution in [2.75, 3.05) is 13.2 Å². The van der Waals surface area contributed by atoms with Crippen molar-refractivity contribution < 1.29 is 14.9 Å². The third-order valence-corrected chi connectivity index (χ3v) is 5.68. The van der Waals surface area contributed by atoms with Crippen LogP contribution in [-0.4, -0.2) is 47.7 Å². The van der Waals surface area contributed by atoms with Gasteiger partial charge in [-0.25, -0.2) is 0 Å². The van der Waals surface area contributed by atoms with Crippen LogP contribution in [0.15, 0.2) is 0 Å². The molecule has 0 radical (unpaired) electrons. The zero-order valence-electron chi connectivity index (χ0n) is 13.8. The van der Waals surface area contributed by atoms with Crippen LogP contribution in [0.3, 0.4) is 0 Å². The average Bonchev–Trinajstić information content (AvgIpc) is 2.49. The second-order valence-electron chi connectivity index (χ2n) is 7.51. The molecule has 0 aromatic rings. The van der Waals surface area contributed by atoms with Crippen LogP contribution < -0.4 is 5.32 Å². The fourth-order valence-corrected chi connectivity index (χ4v) is 3.68. The van der Waals surface area contributed by atoms with Gasteiger partial charge >= 0.3 is 0 Å². The normalized spacial score (nSPS) is 37.0. The van der Waals surface area contributed by atoms with E-state index in [1.807, 2.05) is 0 Å². The summed E-state index contributed by atoms with van der Waals surface area (Å²) in [6.07, 6.45) is 6.58. The molecule has 4 heteroatoms. The third-order valence-electron chi connectivity index (χ3n) is 5.68. The van der Waals surface area contributed by atoms with Crippen molar-refractivity contribution in [1.29, 1.82) is 0 Å². The highest BCUT2D eigenvalue weighted by Crippen LogP contribution is 2.40. The second-order valence-corrected chi connectivity index (χ2v) is 7.51. The monoisotopic (exact) mass is 299 g/mol. The lowest BCUT2D eigenvalue weighted by molar-refractivity contribution is -0.0815. The summed E-state index contributed by atoms with van der Waals surface area (Å²) in [6.45, 7) is 7.33. The van der Waals surface area contributed by atoms with Crippen molar-refractivity contribution in [3.63, 3.8) is 0 Å². The van der Waals surface area contributed by atoms with Crippen LogP contribution in [0.5, 0.6) is 0 Å². The van der Waals surface area contributed by atoms with Crippen LogP contribution in [0.25, 0.3) is 0 Å². The van der Waals surface area contributed by atoms with Gasteiger partial charge in [0.05, 0.1) is 24.9 Å². The summed E-state index contributed by atoms with van der Waals surface area (Å²) in [6, 6.07) is 0.292. The fourth-order valence-electron chi connectivity index (χ4n) is 3.68. The predicted octanol–water partition coefficient (Wildman–Crippen LogP) is 2.08. The van der Waals surface area contributed by atoms with Crippen LogP contribution in [0.4, 0.5) is 0 Å². The van der Waals surface area contributed by atoms with Crippen LogP contribution in [0.2, 0.25) is 0 Å². The summed E-state index contributed by atoms with van der Waals surface area (Å²) in [5.41, 5.74) is -0.0861. The quantitative estimate of drug-likeness (QED) is 0.673. The second kappa shape index (κ2) is 7.40. The molecule has 5 unspecified atom stereocenters. The molecular weight excluding hydrogens is 266 g/mol. The summed E-state index contributed by atoms with van der Waals surface area (Å²) in [7, 11) is 0. The standard InChI is InChI=1S/C17H33NO3/c1-4-12-7-5-6-8-14(12)21-11-13(19)10-18-15-9-16(20)17(15,2)3/h12-16,18-20H,4-11H2,1-3H3. The van der Waals surface area contributed by atoms with E-state index in [2.05, 4.69) is 26.1 Å². The first-order valence-electron chi connectivity index (χ1n) is 8.66. The Balaban J connectivity index is 1.64. The highest BCUT2D eigenvalue weighted by atomic mass is 16.5. The smallest absolute Gasteiger partial charge is 0.0897 e. The molecule has 0 bridgehead atoms. The van der Waals surface area contributed by atoms with E-state index in [1.165, 1.54) is 25.7 Å². The highest BCUT2D eigenvalue weighted by molar-refractivity contribution is 5.01. The van der Waals surface area contributed by atoms with Crippen LogP contribution in [0.1, 0.15) is 59.3 Å². The van der Waals surface area contributed by atoms with Gasteiger partial charge in [-0.2, -0.15) is 0 Å². The Bertz CT molecular complexity index is 321. The molecule has 2 fully saturated rings. The van der Waals surface area contributed by atoms with E-state index in [0.717, 1.165) is 12.8 Å². The number of hydrogen-bond donors (Lipinski definition) is 3. The van der Waals surface area contributed by atoms with Crippen molar-refractivity contribution in [2.24, 2.45) is 11.3 Å². The minimum atomic E-state index is -0.460. The molecule has 4 nitrogen and oxygen atoms in total. The van der Waals surface area contributed by atoms with Gasteiger partial charge in [0.2, 0.25) is 0 Å². The maximum atomic E-state index is 10.1. The topological polar surface area (TPSA) is 61.7 Å². The predicted molar refractivity (Wildman–Crippen MR) is 84.2 cm³/mol. The molecule has 3 N–H and O–H groups in total. The maximum absolute atomic E-state index is 10.1. The van der Waals surface area contributed by atoms with E-state index in [-0.39, 0.29) is 11.5 Å². The largest absolute Gasteiger partial charge is 0.392 e. The van der Waals surface area contributed by atoms with Crippen LogP contribution in [-0.2, 0) is 4.74 Å². The average molecular weight is 299 g/mol. The zero-order valence-corrected chi connectivity index (χ0v) is 13.8. The molecule has 0 amide bonds. The van der Waals surface area contributed by atoms with Crippen molar-refractivity contribution in [3.8, 4) is 0 Å². The van der Waals surface area contributed by atoms with Gasteiger partial charge in [0, 0.05) is 18.0 Å². The first kappa shape index (κ1) is 17.2. The Morgan fingerprint density at radius 2 is 2.00 bits per heavy atom. The number of ether oxygens (including phenoxy) is 1. The lowest BCUT2D eigenvalue weighted by Gasteiger charge is -2.50. The van der Waals surface area contributed by atoms with Gasteiger partial charge in [0.1, 0.15) is 0 Å². The molecule has 0 spiro atoms. The fraction of sp³-hybridized carbons (Fsp3) is 1.00. The van der Waals surface area contributed by atoms with Gasteiger partial charge in [-0.15, -0.1) is 0 Å². The summed E-state index contributed by atoms with van der Waals surface area (Å²) in [5, 5.41) is 23.2. The molecule has 0 aromatic carbocycles. The Kier molecular flexibility index (Phi) is 6.06. The molecule has 0 saturated heterocycles. The SMILES string of the molecule is CCC1CCCCC1OCC(O)CNC1CC(O)C1(C)C. The first-order chi connectivity index (χ1) is 9.95. The molecule has 0 heterocycles. The Morgan fingerprint density at radius 3 is 2.62 bits per heavy atom. The lowest BCUT2D eigenvalue weighted by atomic mass is 9.64. The minimum Gasteiger partial charge on any atom is -0.392 e. The molecule has 5 atom stereocenters. The van der Waals surface area contributed by atoms with Gasteiger partial charge in [0.15, 0.2) is 0 Å². The molecule has 0 aliphatic heterocycles. The van der Waals surface area contributed by atoms with Gasteiger partial charge in [-0.05, 0) is 25.2 Å². The molecule has 2 rings (SSSR count). The van der Waals surface area contributed by atoms with Crippen molar-refractivity contribution in [1.82, 2.24) is 5.32 Å². The minimum absolute atomic E-state index is 0.0861. The van der Waals surface area contributed by atoms with Crippen molar-refractivity contribution in [3.05, 3.63) is 0 Å². The first-order valence-corrected chi connectivity index (χ1v) is 8.66. The van der Waals surface area contributed by atoms with Crippen LogP contribution >= 0.6 is 0 Å². The van der Waals surface area contributed by atoms with E-state index in [0.29, 0.717) is 31.2 Å². The van der Waals surface area contributed by atoms with Gasteiger partial charge in [-0.1, -0.05) is 40.0 Å². The molecule has 2 saturated carbocycles. The van der Waals surface area contributed by atoms with Gasteiger partial charge in [0.25, 0.3) is 0 Å². The van der Waals surface area contributed by atoms with Gasteiger partial charge < -0.3 is 20.3 Å². The molecular formula is C17H33NO3. The number of hydrogen-bond acceptors (Lipinski definition) is 4. The molecule has 21 heavy (non-hydrogen) atoms. The zero-order chi connectivity index (χ0) is 15.5. The highest BCUT2D eigenvalue weighted by Gasteiger charge is 2.46. The Labute approximate surface area is 129 Å². The van der Waals surface area contributed by atoms with E-state index in [1.54, 1.807) is 0 Å². The third kappa shape index (κ3) is 4.19. The van der Waals surface area contributed by atoms with E-state index < -0.39 is 6.10 Å². The van der Waals surface area contributed by atoms with Crippen molar-refractivity contribution >= 4 is 0 Å². The Morgan fingerprint density at radius 1 is 1.29 bits per heavy atom.